The molecule has 2 aromatic carbocycles. The molecule has 24 heavy (non-hydrogen) atoms. The smallest absolute Gasteiger partial charge is 0.247 e. The minimum Gasteiger partial charge on any atom is -0.419 e. The molecular formula is C19H18ClN3O. The number of aromatic nitrogens is 2. The van der Waals surface area contributed by atoms with Gasteiger partial charge >= 0.3 is 0 Å². The summed E-state index contributed by atoms with van der Waals surface area (Å²) in [5.41, 5.74) is 3.74. The van der Waals surface area contributed by atoms with E-state index in [1.807, 2.05) is 24.3 Å². The van der Waals surface area contributed by atoms with Gasteiger partial charge in [0.25, 0.3) is 0 Å². The lowest BCUT2D eigenvalue weighted by atomic mass is 10.1. The Morgan fingerprint density at radius 1 is 1.12 bits per heavy atom. The summed E-state index contributed by atoms with van der Waals surface area (Å²) >= 11 is 5.91. The van der Waals surface area contributed by atoms with Crippen LogP contribution in [0.5, 0.6) is 0 Å². The Kier molecular flexibility index (Phi) is 4.08. The van der Waals surface area contributed by atoms with Crippen LogP contribution in [-0.4, -0.2) is 22.1 Å². The summed E-state index contributed by atoms with van der Waals surface area (Å²) in [6, 6.07) is 16.5. The van der Waals surface area contributed by atoms with E-state index in [0.717, 1.165) is 18.4 Å². The number of rotatable bonds is 4. The van der Waals surface area contributed by atoms with E-state index in [2.05, 4.69) is 46.4 Å². The van der Waals surface area contributed by atoms with Crippen LogP contribution in [0.4, 0.5) is 0 Å². The van der Waals surface area contributed by atoms with Gasteiger partial charge in [-0.3, -0.25) is 4.90 Å². The van der Waals surface area contributed by atoms with Crippen LogP contribution in [0.3, 0.4) is 0 Å². The third-order valence-electron chi connectivity index (χ3n) is 4.58. The van der Waals surface area contributed by atoms with Gasteiger partial charge in [-0.25, -0.2) is 0 Å². The summed E-state index contributed by atoms with van der Waals surface area (Å²) in [5, 5.41) is 9.04. The van der Waals surface area contributed by atoms with E-state index >= 15 is 0 Å². The first-order chi connectivity index (χ1) is 11.7. The first-order valence-electron chi connectivity index (χ1n) is 8.07. The van der Waals surface area contributed by atoms with Gasteiger partial charge in [0.15, 0.2) is 0 Å². The molecule has 0 aliphatic heterocycles. The van der Waals surface area contributed by atoms with Crippen molar-refractivity contribution < 1.29 is 4.42 Å². The van der Waals surface area contributed by atoms with Gasteiger partial charge in [0, 0.05) is 16.6 Å². The second-order valence-electron chi connectivity index (χ2n) is 6.18. The topological polar surface area (TPSA) is 42.2 Å². The summed E-state index contributed by atoms with van der Waals surface area (Å²) in [4.78, 5) is 2.28. The lowest BCUT2D eigenvalue weighted by Crippen LogP contribution is -2.22. The van der Waals surface area contributed by atoms with Crippen LogP contribution in [-0.2, 0) is 13.0 Å². The Morgan fingerprint density at radius 3 is 2.75 bits per heavy atom. The number of fused-ring (bicyclic) bond motifs is 1. The van der Waals surface area contributed by atoms with Gasteiger partial charge in [0.1, 0.15) is 0 Å². The lowest BCUT2D eigenvalue weighted by Gasteiger charge is -2.23. The van der Waals surface area contributed by atoms with Crippen LogP contribution in [0.15, 0.2) is 52.9 Å². The van der Waals surface area contributed by atoms with Crippen molar-refractivity contribution in [3.8, 4) is 11.5 Å². The summed E-state index contributed by atoms with van der Waals surface area (Å²) in [5.74, 6) is 1.16. The SMILES string of the molecule is CN(Cc1nnc(-c2ccc(Cl)cc2)o1)C1CCc2ccccc21. The van der Waals surface area contributed by atoms with E-state index in [-0.39, 0.29) is 0 Å². The first kappa shape index (κ1) is 15.4. The third kappa shape index (κ3) is 2.95. The minimum absolute atomic E-state index is 0.409. The van der Waals surface area contributed by atoms with Crippen LogP contribution in [0.25, 0.3) is 11.5 Å². The van der Waals surface area contributed by atoms with Crippen molar-refractivity contribution in [2.45, 2.75) is 25.4 Å². The Morgan fingerprint density at radius 2 is 1.92 bits per heavy atom. The maximum Gasteiger partial charge on any atom is 0.247 e. The molecule has 1 aromatic heterocycles. The summed E-state index contributed by atoms with van der Waals surface area (Å²) < 4.78 is 5.82. The average Bonchev–Trinajstić information content (AvgIpc) is 3.22. The molecule has 4 nitrogen and oxygen atoms in total. The fraction of sp³-hybridized carbons (Fsp3) is 0.263. The fourth-order valence-electron chi connectivity index (χ4n) is 3.34. The molecule has 4 rings (SSSR count). The van der Waals surface area contributed by atoms with Gasteiger partial charge in [-0.15, -0.1) is 10.2 Å². The van der Waals surface area contributed by atoms with Crippen molar-refractivity contribution in [3.63, 3.8) is 0 Å². The molecule has 122 valence electrons. The molecule has 0 bridgehead atoms. The molecule has 3 aromatic rings. The zero-order valence-corrected chi connectivity index (χ0v) is 14.2. The Bertz CT molecular complexity index is 844. The number of hydrogen-bond acceptors (Lipinski definition) is 4. The molecule has 5 heteroatoms. The van der Waals surface area contributed by atoms with E-state index in [1.165, 1.54) is 11.1 Å². The van der Waals surface area contributed by atoms with E-state index in [4.69, 9.17) is 16.0 Å². The molecule has 1 atom stereocenters. The zero-order valence-electron chi connectivity index (χ0n) is 13.4. The van der Waals surface area contributed by atoms with Crippen LogP contribution in [0, 0.1) is 0 Å². The van der Waals surface area contributed by atoms with Gasteiger partial charge < -0.3 is 4.42 Å². The molecule has 0 amide bonds. The molecule has 0 saturated carbocycles. The molecule has 1 unspecified atom stereocenters. The van der Waals surface area contributed by atoms with E-state index in [9.17, 15) is 0 Å². The van der Waals surface area contributed by atoms with E-state index in [1.54, 1.807) is 0 Å². The predicted octanol–water partition coefficient (Wildman–Crippen LogP) is 4.51. The second-order valence-corrected chi connectivity index (χ2v) is 6.61. The molecule has 1 heterocycles. The first-order valence-corrected chi connectivity index (χ1v) is 8.45. The number of nitrogens with zero attached hydrogens (tertiary/aromatic N) is 3. The fourth-order valence-corrected chi connectivity index (χ4v) is 3.47. The number of halogens is 1. The van der Waals surface area contributed by atoms with Gasteiger partial charge in [0.05, 0.1) is 6.54 Å². The standard InChI is InChI=1S/C19H18ClN3O/c1-23(17-11-8-13-4-2-3-5-16(13)17)12-18-21-22-19(24-18)14-6-9-15(20)10-7-14/h2-7,9-10,17H,8,11-12H2,1H3. The van der Waals surface area contributed by atoms with Crippen molar-refractivity contribution in [1.29, 1.82) is 0 Å². The van der Waals surface area contributed by atoms with Crippen molar-refractivity contribution in [2.75, 3.05) is 7.05 Å². The van der Waals surface area contributed by atoms with Crippen molar-refractivity contribution >= 4 is 11.6 Å². The lowest BCUT2D eigenvalue weighted by molar-refractivity contribution is 0.214. The van der Waals surface area contributed by atoms with Crippen molar-refractivity contribution in [1.82, 2.24) is 15.1 Å². The van der Waals surface area contributed by atoms with Crippen LogP contribution in [0.1, 0.15) is 29.5 Å². The van der Waals surface area contributed by atoms with E-state index in [0.29, 0.717) is 29.4 Å². The molecular weight excluding hydrogens is 322 g/mol. The highest BCUT2D eigenvalue weighted by Crippen LogP contribution is 2.35. The quantitative estimate of drug-likeness (QED) is 0.701. The molecule has 0 saturated heterocycles. The average molecular weight is 340 g/mol. The van der Waals surface area contributed by atoms with Gasteiger partial charge in [0.2, 0.25) is 11.8 Å². The Hall–Kier alpha value is -2.17. The summed E-state index contributed by atoms with van der Waals surface area (Å²) in [6.45, 7) is 0.638. The van der Waals surface area contributed by atoms with Gasteiger partial charge in [-0.05, 0) is 55.3 Å². The summed E-state index contributed by atoms with van der Waals surface area (Å²) in [6.07, 6.45) is 2.26. The normalized spacial score (nSPS) is 16.5. The van der Waals surface area contributed by atoms with Crippen molar-refractivity contribution in [2.24, 2.45) is 0 Å². The molecule has 0 radical (unpaired) electrons. The van der Waals surface area contributed by atoms with Crippen LogP contribution < -0.4 is 0 Å². The van der Waals surface area contributed by atoms with Crippen LogP contribution in [0.2, 0.25) is 5.02 Å². The largest absolute Gasteiger partial charge is 0.419 e. The van der Waals surface area contributed by atoms with Gasteiger partial charge in [-0.2, -0.15) is 0 Å². The second kappa shape index (κ2) is 6.38. The third-order valence-corrected chi connectivity index (χ3v) is 4.83. The van der Waals surface area contributed by atoms with Gasteiger partial charge in [-0.1, -0.05) is 35.9 Å². The predicted molar refractivity (Wildman–Crippen MR) is 93.7 cm³/mol. The number of hydrogen-bond donors (Lipinski definition) is 0. The van der Waals surface area contributed by atoms with E-state index < -0.39 is 0 Å². The maximum atomic E-state index is 5.91. The molecule has 1 aliphatic carbocycles. The maximum absolute atomic E-state index is 5.91. The number of benzene rings is 2. The zero-order chi connectivity index (χ0) is 16.5. The Labute approximate surface area is 146 Å². The highest BCUT2D eigenvalue weighted by atomic mass is 35.5. The Balaban J connectivity index is 1.49. The minimum atomic E-state index is 0.409. The molecule has 0 spiro atoms. The highest BCUT2D eigenvalue weighted by molar-refractivity contribution is 6.30. The highest BCUT2D eigenvalue weighted by Gasteiger charge is 2.26. The van der Waals surface area contributed by atoms with Crippen molar-refractivity contribution in [3.05, 3.63) is 70.6 Å². The molecule has 1 aliphatic rings. The summed E-state index contributed by atoms with van der Waals surface area (Å²) in [7, 11) is 2.11. The molecule has 0 fully saturated rings. The monoisotopic (exact) mass is 339 g/mol. The van der Waals surface area contributed by atoms with Crippen LogP contribution >= 0.6 is 11.6 Å². The molecule has 0 N–H and O–H groups in total. The number of aryl methyl sites for hydroxylation is 1.